The molecule has 0 bridgehead atoms. The van der Waals surface area contributed by atoms with Crippen molar-refractivity contribution in [1.29, 1.82) is 0 Å². The molecule has 0 amide bonds. The molecule has 1 aliphatic rings. The zero-order valence-electron chi connectivity index (χ0n) is 8.20. The molecule has 0 saturated carbocycles. The molecule has 0 aromatic rings. The molecule has 0 aliphatic carbocycles. The molecule has 0 spiro atoms. The van der Waals surface area contributed by atoms with Crippen molar-refractivity contribution in [1.82, 2.24) is 10.6 Å². The van der Waals surface area contributed by atoms with Crippen molar-refractivity contribution >= 4 is 0 Å². The third-order valence-electron chi connectivity index (χ3n) is 2.05. The molecule has 1 fully saturated rings. The first-order valence-electron chi connectivity index (χ1n) is 4.45. The van der Waals surface area contributed by atoms with Crippen LogP contribution in [0.2, 0.25) is 0 Å². The topological polar surface area (TPSA) is 24.1 Å². The van der Waals surface area contributed by atoms with Crippen molar-refractivity contribution in [2.45, 2.75) is 38.3 Å². The van der Waals surface area contributed by atoms with Crippen LogP contribution in [0.5, 0.6) is 0 Å². The number of terminal acetylenes is 1. The molecule has 1 unspecified atom stereocenters. The van der Waals surface area contributed by atoms with E-state index >= 15 is 0 Å². The predicted molar refractivity (Wildman–Crippen MR) is 51.9 cm³/mol. The van der Waals surface area contributed by atoms with Crippen LogP contribution in [-0.4, -0.2) is 24.2 Å². The number of nitrogens with one attached hydrogen (secondary N) is 2. The maximum absolute atomic E-state index is 5.52. The molecule has 0 aromatic carbocycles. The van der Waals surface area contributed by atoms with E-state index in [4.69, 9.17) is 6.42 Å². The summed E-state index contributed by atoms with van der Waals surface area (Å²) in [5.41, 5.74) is -0.0172. The van der Waals surface area contributed by atoms with Crippen LogP contribution in [0.25, 0.3) is 0 Å². The molecule has 2 nitrogen and oxygen atoms in total. The van der Waals surface area contributed by atoms with Crippen LogP contribution in [0.3, 0.4) is 0 Å². The summed E-state index contributed by atoms with van der Waals surface area (Å²) in [6.45, 7) is 8.34. The second-order valence-corrected chi connectivity index (χ2v) is 4.53. The van der Waals surface area contributed by atoms with Gasteiger partial charge in [-0.15, -0.1) is 6.42 Å². The zero-order valence-corrected chi connectivity index (χ0v) is 8.20. The molecule has 1 rings (SSSR count). The average molecular weight is 166 g/mol. The van der Waals surface area contributed by atoms with Crippen LogP contribution in [0.1, 0.15) is 27.2 Å². The van der Waals surface area contributed by atoms with E-state index in [0.717, 1.165) is 19.5 Å². The van der Waals surface area contributed by atoms with Gasteiger partial charge in [0.1, 0.15) is 0 Å². The lowest BCUT2D eigenvalue weighted by molar-refractivity contribution is 0.319. The normalized spacial score (nSPS) is 30.2. The van der Waals surface area contributed by atoms with E-state index in [-0.39, 0.29) is 11.1 Å². The summed E-state index contributed by atoms with van der Waals surface area (Å²) in [7, 11) is 0. The van der Waals surface area contributed by atoms with Gasteiger partial charge in [0.05, 0.1) is 5.54 Å². The Morgan fingerprint density at radius 3 is 2.50 bits per heavy atom. The Balaban J connectivity index is 2.64. The van der Waals surface area contributed by atoms with Crippen LogP contribution >= 0.6 is 0 Å². The standard InChI is InChI=1S/C10H18N2/c1-5-10(6-7-11-8-10)12-9(2,3)4/h1,11-12H,6-8H2,2-4H3. The molecule has 68 valence electrons. The van der Waals surface area contributed by atoms with E-state index < -0.39 is 0 Å². The van der Waals surface area contributed by atoms with Crippen molar-refractivity contribution in [2.75, 3.05) is 13.1 Å². The monoisotopic (exact) mass is 166 g/mol. The van der Waals surface area contributed by atoms with Crippen molar-refractivity contribution in [3.8, 4) is 12.3 Å². The minimum atomic E-state index is -0.113. The van der Waals surface area contributed by atoms with Gasteiger partial charge in [0.25, 0.3) is 0 Å². The van der Waals surface area contributed by atoms with Crippen LogP contribution in [0, 0.1) is 12.3 Å². The number of rotatable bonds is 1. The highest BCUT2D eigenvalue weighted by Crippen LogP contribution is 2.17. The van der Waals surface area contributed by atoms with Gasteiger partial charge in [-0.2, -0.15) is 0 Å². The lowest BCUT2D eigenvalue weighted by Crippen LogP contribution is -2.54. The van der Waals surface area contributed by atoms with Crippen LogP contribution in [0.4, 0.5) is 0 Å². The second kappa shape index (κ2) is 3.08. The number of hydrogen-bond donors (Lipinski definition) is 2. The fourth-order valence-corrected chi connectivity index (χ4v) is 1.68. The maximum atomic E-state index is 5.52. The van der Waals surface area contributed by atoms with E-state index in [1.807, 2.05) is 0 Å². The van der Waals surface area contributed by atoms with E-state index in [2.05, 4.69) is 37.3 Å². The summed E-state index contributed by atoms with van der Waals surface area (Å²) in [5.74, 6) is 2.86. The average Bonchev–Trinajstić information content (AvgIpc) is 2.34. The largest absolute Gasteiger partial charge is 0.314 e. The fourth-order valence-electron chi connectivity index (χ4n) is 1.68. The van der Waals surface area contributed by atoms with Crippen LogP contribution < -0.4 is 10.6 Å². The Morgan fingerprint density at radius 1 is 1.50 bits per heavy atom. The second-order valence-electron chi connectivity index (χ2n) is 4.53. The maximum Gasteiger partial charge on any atom is 0.0940 e. The molecule has 1 heterocycles. The summed E-state index contributed by atoms with van der Waals surface area (Å²) >= 11 is 0. The minimum absolute atomic E-state index is 0.0956. The quantitative estimate of drug-likeness (QED) is 0.561. The summed E-state index contributed by atoms with van der Waals surface area (Å²) in [6.07, 6.45) is 6.55. The first-order valence-corrected chi connectivity index (χ1v) is 4.45. The Morgan fingerprint density at radius 2 is 2.17 bits per heavy atom. The third kappa shape index (κ3) is 2.23. The van der Waals surface area contributed by atoms with Gasteiger partial charge < -0.3 is 5.32 Å². The highest BCUT2D eigenvalue weighted by atomic mass is 15.1. The molecule has 1 aliphatic heterocycles. The van der Waals surface area contributed by atoms with Crippen LogP contribution in [0.15, 0.2) is 0 Å². The van der Waals surface area contributed by atoms with Gasteiger partial charge in [-0.1, -0.05) is 5.92 Å². The smallest absolute Gasteiger partial charge is 0.0940 e. The Bertz CT molecular complexity index is 189. The third-order valence-corrected chi connectivity index (χ3v) is 2.05. The van der Waals surface area contributed by atoms with Gasteiger partial charge in [0.2, 0.25) is 0 Å². The lowest BCUT2D eigenvalue weighted by Gasteiger charge is -2.32. The molecule has 2 heteroatoms. The highest BCUT2D eigenvalue weighted by molar-refractivity contribution is 5.18. The lowest BCUT2D eigenvalue weighted by atomic mass is 9.95. The molecule has 1 saturated heterocycles. The van der Waals surface area contributed by atoms with Crippen molar-refractivity contribution in [3.05, 3.63) is 0 Å². The summed E-state index contributed by atoms with van der Waals surface area (Å²) in [6, 6.07) is 0. The van der Waals surface area contributed by atoms with Crippen molar-refractivity contribution in [3.63, 3.8) is 0 Å². The predicted octanol–water partition coefficient (Wildman–Crippen LogP) is 0.740. The molecule has 0 aromatic heterocycles. The zero-order chi connectivity index (χ0) is 9.24. The van der Waals surface area contributed by atoms with Gasteiger partial charge in [0, 0.05) is 12.1 Å². The van der Waals surface area contributed by atoms with Gasteiger partial charge in [-0.25, -0.2) is 0 Å². The summed E-state index contributed by atoms with van der Waals surface area (Å²) < 4.78 is 0. The molecular formula is C10H18N2. The summed E-state index contributed by atoms with van der Waals surface area (Å²) in [4.78, 5) is 0. The highest BCUT2D eigenvalue weighted by Gasteiger charge is 2.34. The van der Waals surface area contributed by atoms with Gasteiger partial charge in [-0.05, 0) is 33.7 Å². The van der Waals surface area contributed by atoms with Gasteiger partial charge >= 0.3 is 0 Å². The van der Waals surface area contributed by atoms with Crippen LogP contribution in [-0.2, 0) is 0 Å². The van der Waals surface area contributed by atoms with Gasteiger partial charge in [-0.3, -0.25) is 5.32 Å². The number of hydrogen-bond acceptors (Lipinski definition) is 2. The Kier molecular flexibility index (Phi) is 2.46. The fraction of sp³-hybridized carbons (Fsp3) is 0.800. The first kappa shape index (κ1) is 9.57. The minimum Gasteiger partial charge on any atom is -0.314 e. The molecular weight excluding hydrogens is 148 g/mol. The molecule has 12 heavy (non-hydrogen) atoms. The van der Waals surface area contributed by atoms with Gasteiger partial charge in [0.15, 0.2) is 0 Å². The van der Waals surface area contributed by atoms with E-state index in [1.54, 1.807) is 0 Å². The molecule has 2 N–H and O–H groups in total. The SMILES string of the molecule is C#CC1(NC(C)(C)C)CCNC1. The van der Waals surface area contributed by atoms with E-state index in [1.165, 1.54) is 0 Å². The van der Waals surface area contributed by atoms with E-state index in [9.17, 15) is 0 Å². The molecule has 0 radical (unpaired) electrons. The van der Waals surface area contributed by atoms with E-state index in [0.29, 0.717) is 0 Å². The Hall–Kier alpha value is -0.520. The van der Waals surface area contributed by atoms with Crippen molar-refractivity contribution < 1.29 is 0 Å². The first-order chi connectivity index (χ1) is 5.47. The Labute approximate surface area is 75.1 Å². The summed E-state index contributed by atoms with van der Waals surface area (Å²) in [5, 5.41) is 6.76. The van der Waals surface area contributed by atoms with Crippen molar-refractivity contribution in [2.24, 2.45) is 0 Å². The molecule has 1 atom stereocenters.